The van der Waals surface area contributed by atoms with Gasteiger partial charge in [-0.25, -0.2) is 0 Å². The second-order valence-electron chi connectivity index (χ2n) is 4.83. The zero-order chi connectivity index (χ0) is 13.9. The molecule has 0 aromatic rings. The summed E-state index contributed by atoms with van der Waals surface area (Å²) in [4.78, 5) is 12.2. The number of carbonyl (C=O) groups is 1. The fourth-order valence-corrected chi connectivity index (χ4v) is 1.43. The summed E-state index contributed by atoms with van der Waals surface area (Å²) in [5.74, 6) is -1.06. The van der Waals surface area contributed by atoms with Crippen LogP contribution in [-0.4, -0.2) is 41.3 Å². The van der Waals surface area contributed by atoms with E-state index in [2.05, 4.69) is 0 Å². The van der Waals surface area contributed by atoms with Crippen LogP contribution in [0.2, 0.25) is 0 Å². The van der Waals surface area contributed by atoms with Gasteiger partial charge in [-0.2, -0.15) is 13.2 Å². The monoisotopic (exact) mass is 255 g/mol. The van der Waals surface area contributed by atoms with Crippen LogP contribution in [0.1, 0.15) is 34.1 Å². The molecule has 0 aliphatic carbocycles. The number of aliphatic carboxylic acids is 1. The fourth-order valence-electron chi connectivity index (χ4n) is 1.43. The minimum atomic E-state index is -4.31. The molecular weight excluding hydrogens is 235 g/mol. The van der Waals surface area contributed by atoms with E-state index in [1.165, 1.54) is 6.92 Å². The molecule has 0 spiro atoms. The molecule has 1 atom stereocenters. The SMILES string of the molecule is CCC(C)(CN(CC(F)(F)F)C(C)C)C(=O)O. The molecule has 0 saturated heterocycles. The molecule has 6 heteroatoms. The number of hydrogen-bond acceptors (Lipinski definition) is 2. The highest BCUT2D eigenvalue weighted by Gasteiger charge is 2.38. The molecule has 0 heterocycles. The van der Waals surface area contributed by atoms with Crippen molar-refractivity contribution in [1.82, 2.24) is 4.90 Å². The van der Waals surface area contributed by atoms with Gasteiger partial charge in [0.2, 0.25) is 0 Å². The normalized spacial score (nSPS) is 16.3. The average Bonchev–Trinajstić information content (AvgIpc) is 2.13. The highest BCUT2D eigenvalue weighted by molar-refractivity contribution is 5.74. The van der Waals surface area contributed by atoms with Crippen molar-refractivity contribution < 1.29 is 23.1 Å². The largest absolute Gasteiger partial charge is 0.481 e. The summed E-state index contributed by atoms with van der Waals surface area (Å²) < 4.78 is 37.1. The topological polar surface area (TPSA) is 40.5 Å². The van der Waals surface area contributed by atoms with Crippen LogP contribution in [0.4, 0.5) is 13.2 Å². The lowest BCUT2D eigenvalue weighted by Gasteiger charge is -2.34. The van der Waals surface area contributed by atoms with Crippen LogP contribution in [0.25, 0.3) is 0 Å². The van der Waals surface area contributed by atoms with Gasteiger partial charge in [-0.1, -0.05) is 6.92 Å². The van der Waals surface area contributed by atoms with Gasteiger partial charge in [-0.05, 0) is 27.2 Å². The summed E-state index contributed by atoms with van der Waals surface area (Å²) in [6.07, 6.45) is -4.01. The Morgan fingerprint density at radius 2 is 1.76 bits per heavy atom. The van der Waals surface area contributed by atoms with Gasteiger partial charge in [-0.3, -0.25) is 9.69 Å². The van der Waals surface area contributed by atoms with Crippen molar-refractivity contribution in [3.63, 3.8) is 0 Å². The van der Waals surface area contributed by atoms with Crippen LogP contribution in [-0.2, 0) is 4.79 Å². The molecule has 0 aliphatic heterocycles. The summed E-state index contributed by atoms with van der Waals surface area (Å²) in [5.41, 5.74) is -1.14. The van der Waals surface area contributed by atoms with Gasteiger partial charge in [-0.15, -0.1) is 0 Å². The highest BCUT2D eigenvalue weighted by Crippen LogP contribution is 2.26. The summed E-state index contributed by atoms with van der Waals surface area (Å²) in [7, 11) is 0. The van der Waals surface area contributed by atoms with E-state index in [9.17, 15) is 18.0 Å². The highest BCUT2D eigenvalue weighted by atomic mass is 19.4. The molecule has 0 aliphatic rings. The quantitative estimate of drug-likeness (QED) is 0.793. The third kappa shape index (κ3) is 5.39. The molecule has 0 bridgehead atoms. The Hall–Kier alpha value is -0.780. The Balaban J connectivity index is 4.81. The van der Waals surface area contributed by atoms with E-state index in [4.69, 9.17) is 5.11 Å². The summed E-state index contributed by atoms with van der Waals surface area (Å²) in [6.45, 7) is 5.22. The fraction of sp³-hybridized carbons (Fsp3) is 0.909. The molecule has 0 aromatic carbocycles. The van der Waals surface area contributed by atoms with E-state index < -0.39 is 24.1 Å². The first-order valence-corrected chi connectivity index (χ1v) is 5.56. The number of halogens is 3. The summed E-state index contributed by atoms with van der Waals surface area (Å²) in [6, 6.07) is -0.346. The van der Waals surface area contributed by atoms with E-state index in [-0.39, 0.29) is 12.6 Å². The first-order valence-electron chi connectivity index (χ1n) is 5.56. The lowest BCUT2D eigenvalue weighted by atomic mass is 9.86. The van der Waals surface area contributed by atoms with Crippen LogP contribution in [0.15, 0.2) is 0 Å². The minimum absolute atomic E-state index is 0.101. The van der Waals surface area contributed by atoms with Crippen molar-refractivity contribution in [3.05, 3.63) is 0 Å². The molecule has 102 valence electrons. The van der Waals surface area contributed by atoms with Crippen LogP contribution in [0.3, 0.4) is 0 Å². The van der Waals surface area contributed by atoms with E-state index in [1.54, 1.807) is 20.8 Å². The maximum absolute atomic E-state index is 12.4. The Morgan fingerprint density at radius 1 is 1.29 bits per heavy atom. The van der Waals surface area contributed by atoms with E-state index in [0.29, 0.717) is 6.42 Å². The average molecular weight is 255 g/mol. The predicted octanol–water partition coefficient (Wildman–Crippen LogP) is 2.76. The number of hydrogen-bond donors (Lipinski definition) is 1. The van der Waals surface area contributed by atoms with Crippen molar-refractivity contribution in [3.8, 4) is 0 Å². The molecule has 1 N–H and O–H groups in total. The van der Waals surface area contributed by atoms with Crippen molar-refractivity contribution in [2.45, 2.75) is 46.3 Å². The van der Waals surface area contributed by atoms with Gasteiger partial charge < -0.3 is 5.11 Å². The first-order chi connectivity index (χ1) is 7.52. The van der Waals surface area contributed by atoms with Crippen molar-refractivity contribution >= 4 is 5.97 Å². The molecule has 1 unspecified atom stereocenters. The third-order valence-electron chi connectivity index (χ3n) is 2.96. The van der Waals surface area contributed by atoms with Gasteiger partial charge in [0.25, 0.3) is 0 Å². The van der Waals surface area contributed by atoms with Gasteiger partial charge in [0.05, 0.1) is 12.0 Å². The second kappa shape index (κ2) is 5.71. The molecule has 0 amide bonds. The molecule has 17 heavy (non-hydrogen) atoms. The Bertz CT molecular complexity index is 266. The molecular formula is C11H20F3NO2. The van der Waals surface area contributed by atoms with Gasteiger partial charge in [0.1, 0.15) is 0 Å². The molecule has 0 radical (unpaired) electrons. The van der Waals surface area contributed by atoms with Crippen LogP contribution in [0, 0.1) is 5.41 Å². The predicted molar refractivity (Wildman–Crippen MR) is 58.8 cm³/mol. The van der Waals surface area contributed by atoms with Crippen LogP contribution >= 0.6 is 0 Å². The summed E-state index contributed by atoms with van der Waals surface area (Å²) in [5, 5.41) is 9.05. The summed E-state index contributed by atoms with van der Waals surface area (Å²) >= 11 is 0. The Morgan fingerprint density at radius 3 is 2.00 bits per heavy atom. The minimum Gasteiger partial charge on any atom is -0.481 e. The molecule has 0 saturated carbocycles. The van der Waals surface area contributed by atoms with E-state index >= 15 is 0 Å². The lowest BCUT2D eigenvalue weighted by molar-refractivity contribution is -0.162. The van der Waals surface area contributed by atoms with E-state index in [0.717, 1.165) is 4.90 Å². The third-order valence-corrected chi connectivity index (χ3v) is 2.96. The maximum Gasteiger partial charge on any atom is 0.401 e. The Kier molecular flexibility index (Phi) is 5.45. The number of rotatable bonds is 6. The van der Waals surface area contributed by atoms with Gasteiger partial charge in [0, 0.05) is 12.6 Å². The Labute approximate surface area is 99.6 Å². The number of alkyl halides is 3. The number of carboxylic acids is 1. The standard InChI is InChI=1S/C11H20F3NO2/c1-5-10(4,9(16)17)6-15(8(2)3)7-11(12,13)14/h8H,5-7H2,1-4H3,(H,16,17). The van der Waals surface area contributed by atoms with Gasteiger partial charge >= 0.3 is 12.1 Å². The van der Waals surface area contributed by atoms with Crippen molar-refractivity contribution in [1.29, 1.82) is 0 Å². The number of nitrogens with zero attached hydrogens (tertiary/aromatic N) is 1. The van der Waals surface area contributed by atoms with Crippen LogP contribution in [0.5, 0.6) is 0 Å². The zero-order valence-corrected chi connectivity index (χ0v) is 10.6. The molecule has 0 aromatic heterocycles. The lowest BCUT2D eigenvalue weighted by Crippen LogP contribution is -2.47. The van der Waals surface area contributed by atoms with Crippen molar-refractivity contribution in [2.75, 3.05) is 13.1 Å². The smallest absolute Gasteiger partial charge is 0.401 e. The first kappa shape index (κ1) is 16.2. The van der Waals surface area contributed by atoms with Crippen LogP contribution < -0.4 is 0 Å². The number of carboxylic acid groups (broad SMARTS) is 1. The molecule has 3 nitrogen and oxygen atoms in total. The van der Waals surface area contributed by atoms with Crippen molar-refractivity contribution in [2.24, 2.45) is 5.41 Å². The maximum atomic E-state index is 12.4. The second-order valence-corrected chi connectivity index (χ2v) is 4.83. The molecule has 0 rings (SSSR count). The van der Waals surface area contributed by atoms with E-state index in [1.807, 2.05) is 0 Å². The zero-order valence-electron chi connectivity index (χ0n) is 10.6. The van der Waals surface area contributed by atoms with Gasteiger partial charge in [0.15, 0.2) is 0 Å². The molecule has 0 fully saturated rings.